The second-order valence-corrected chi connectivity index (χ2v) is 9.32. The molecule has 2 nitrogen and oxygen atoms in total. The molecule has 0 bridgehead atoms. The molecule has 162 valence electrons. The third-order valence-electron chi connectivity index (χ3n) is 4.76. The van der Waals surface area contributed by atoms with E-state index in [1.165, 1.54) is 25.3 Å². The standard InChI is InChI=1S/C22H15F6NOS/c1-30-15-7-9-17(20(23)11-15)22-13-18(14-5-3-2-4-6-14)19-12-16(8-10-21(19)29-22)31(24,25,26,27)28/h2-13H,1H3. The summed E-state index contributed by atoms with van der Waals surface area (Å²) in [6.07, 6.45) is 0. The molecule has 9 heteroatoms. The number of benzene rings is 3. The number of methoxy groups -OCH3 is 1. The highest BCUT2D eigenvalue weighted by Crippen LogP contribution is 3.02. The minimum atomic E-state index is -9.89. The Morgan fingerprint density at radius 2 is 1.48 bits per heavy atom. The van der Waals surface area contributed by atoms with E-state index >= 15 is 0 Å². The Hall–Kier alpha value is -3.20. The summed E-state index contributed by atoms with van der Waals surface area (Å²) in [5, 5.41) is -0.116. The van der Waals surface area contributed by atoms with Crippen LogP contribution in [-0.4, -0.2) is 12.1 Å². The van der Waals surface area contributed by atoms with Gasteiger partial charge in [-0.05, 0) is 47.5 Å². The molecular formula is C22H15F6NOS. The molecule has 0 unspecified atom stereocenters. The zero-order valence-corrected chi connectivity index (χ0v) is 16.8. The fourth-order valence-corrected chi connectivity index (χ4v) is 3.94. The summed E-state index contributed by atoms with van der Waals surface area (Å²) in [4.78, 5) is 2.23. The lowest BCUT2D eigenvalue weighted by molar-refractivity contribution is 0.364. The Labute approximate surface area is 173 Å². The molecule has 0 N–H and O–H groups in total. The van der Waals surface area contributed by atoms with Crippen molar-refractivity contribution in [3.05, 3.63) is 78.6 Å². The minimum Gasteiger partial charge on any atom is -0.497 e. The van der Waals surface area contributed by atoms with Gasteiger partial charge in [0.15, 0.2) is 0 Å². The smallest absolute Gasteiger partial charge is 0.310 e. The molecule has 4 rings (SSSR count). The monoisotopic (exact) mass is 455 g/mol. The fraction of sp³-hybridized carbons (Fsp3) is 0.0455. The lowest BCUT2D eigenvalue weighted by atomic mass is 9.98. The second kappa shape index (κ2) is 6.40. The maximum Gasteiger partial charge on any atom is 0.310 e. The molecule has 31 heavy (non-hydrogen) atoms. The van der Waals surface area contributed by atoms with Gasteiger partial charge in [0.2, 0.25) is 0 Å². The summed E-state index contributed by atoms with van der Waals surface area (Å²) in [5.74, 6) is -0.361. The van der Waals surface area contributed by atoms with Crippen LogP contribution in [-0.2, 0) is 0 Å². The van der Waals surface area contributed by atoms with E-state index in [1.54, 1.807) is 30.3 Å². The van der Waals surface area contributed by atoms with Crippen LogP contribution in [0.25, 0.3) is 33.3 Å². The Morgan fingerprint density at radius 3 is 2.10 bits per heavy atom. The number of rotatable bonds is 4. The molecule has 0 atom stereocenters. The number of aromatic nitrogens is 1. The molecule has 3 aromatic carbocycles. The van der Waals surface area contributed by atoms with Gasteiger partial charge in [0.25, 0.3) is 0 Å². The van der Waals surface area contributed by atoms with E-state index in [0.29, 0.717) is 17.7 Å². The van der Waals surface area contributed by atoms with E-state index in [9.17, 15) is 23.8 Å². The van der Waals surface area contributed by atoms with Crippen molar-refractivity contribution in [2.75, 3.05) is 7.11 Å². The molecule has 0 aliphatic carbocycles. The van der Waals surface area contributed by atoms with Crippen LogP contribution in [0.4, 0.5) is 23.8 Å². The molecule has 0 amide bonds. The van der Waals surface area contributed by atoms with Crippen LogP contribution in [0.3, 0.4) is 0 Å². The molecular weight excluding hydrogens is 440 g/mol. The van der Waals surface area contributed by atoms with Crippen molar-refractivity contribution in [1.82, 2.24) is 4.98 Å². The van der Waals surface area contributed by atoms with Gasteiger partial charge in [0, 0.05) is 17.0 Å². The maximum absolute atomic E-state index is 14.6. The number of hydrogen-bond donors (Lipinski definition) is 0. The van der Waals surface area contributed by atoms with Crippen LogP contribution in [0.1, 0.15) is 0 Å². The first-order valence-electron chi connectivity index (χ1n) is 8.94. The van der Waals surface area contributed by atoms with Gasteiger partial charge in [-0.2, -0.15) is 0 Å². The normalized spacial score (nSPS) is 14.2. The molecule has 0 fully saturated rings. The van der Waals surface area contributed by atoms with Crippen LogP contribution in [0, 0.1) is 5.82 Å². The molecule has 0 spiro atoms. The molecule has 0 aliphatic heterocycles. The first-order valence-corrected chi connectivity index (χ1v) is 10.9. The molecule has 4 aromatic rings. The molecule has 0 saturated carbocycles. The van der Waals surface area contributed by atoms with E-state index < -0.39 is 20.9 Å². The van der Waals surface area contributed by atoms with Gasteiger partial charge in [0.1, 0.15) is 16.5 Å². The number of halogens is 6. The zero-order chi connectivity index (χ0) is 22.5. The molecule has 0 radical (unpaired) electrons. The van der Waals surface area contributed by atoms with Crippen LogP contribution in [0.15, 0.2) is 77.7 Å². The highest BCUT2D eigenvalue weighted by Gasteiger charge is 2.65. The number of pyridine rings is 1. The lowest BCUT2D eigenvalue weighted by Crippen LogP contribution is -2.06. The first-order chi connectivity index (χ1) is 14.4. The van der Waals surface area contributed by atoms with Crippen molar-refractivity contribution < 1.29 is 28.6 Å². The molecule has 1 heterocycles. The number of hydrogen-bond acceptors (Lipinski definition) is 2. The van der Waals surface area contributed by atoms with Crippen LogP contribution in [0.5, 0.6) is 5.75 Å². The summed E-state index contributed by atoms with van der Waals surface area (Å²) in [5.41, 5.74) is 0.962. The summed E-state index contributed by atoms with van der Waals surface area (Å²) in [6, 6.07) is 15.3. The van der Waals surface area contributed by atoms with Crippen LogP contribution >= 0.6 is 10.2 Å². The first kappa shape index (κ1) is 21.0. The van der Waals surface area contributed by atoms with Crippen molar-refractivity contribution >= 4 is 21.1 Å². The number of fused-ring (bicyclic) bond motifs is 1. The van der Waals surface area contributed by atoms with E-state index in [1.807, 2.05) is 0 Å². The summed E-state index contributed by atoms with van der Waals surface area (Å²) in [6.45, 7) is 0. The zero-order valence-electron chi connectivity index (χ0n) is 16.0. The maximum atomic E-state index is 14.6. The van der Waals surface area contributed by atoms with Gasteiger partial charge < -0.3 is 4.74 Å². The van der Waals surface area contributed by atoms with Gasteiger partial charge >= 0.3 is 10.2 Å². The highest BCUT2D eigenvalue weighted by atomic mass is 32.5. The molecule has 0 aliphatic rings. The largest absolute Gasteiger partial charge is 0.497 e. The van der Waals surface area contributed by atoms with E-state index in [-0.39, 0.29) is 33.5 Å². The van der Waals surface area contributed by atoms with Gasteiger partial charge in [0.05, 0.1) is 18.3 Å². The Balaban J connectivity index is 2.03. The minimum absolute atomic E-state index is 0.0252. The molecule has 0 saturated heterocycles. The third-order valence-corrected chi connectivity index (χ3v) is 5.91. The van der Waals surface area contributed by atoms with Crippen molar-refractivity contribution in [2.24, 2.45) is 0 Å². The summed E-state index contributed by atoms with van der Waals surface area (Å²) < 4.78 is 86.6. The van der Waals surface area contributed by atoms with Gasteiger partial charge in [-0.25, -0.2) is 9.37 Å². The fourth-order valence-electron chi connectivity index (χ4n) is 3.27. The van der Waals surface area contributed by atoms with Gasteiger partial charge in [-0.3, -0.25) is 0 Å². The van der Waals surface area contributed by atoms with Gasteiger partial charge in [-0.1, -0.05) is 49.8 Å². The molecule has 1 aromatic heterocycles. The van der Waals surface area contributed by atoms with Crippen molar-refractivity contribution in [1.29, 1.82) is 0 Å². The van der Waals surface area contributed by atoms with Crippen molar-refractivity contribution in [2.45, 2.75) is 4.90 Å². The van der Waals surface area contributed by atoms with Crippen LogP contribution < -0.4 is 4.74 Å². The summed E-state index contributed by atoms with van der Waals surface area (Å²) in [7, 11) is -8.51. The van der Waals surface area contributed by atoms with E-state index in [4.69, 9.17) is 4.74 Å². The predicted molar refractivity (Wildman–Crippen MR) is 111 cm³/mol. The van der Waals surface area contributed by atoms with Crippen molar-refractivity contribution in [3.63, 3.8) is 0 Å². The van der Waals surface area contributed by atoms with Crippen molar-refractivity contribution in [3.8, 4) is 28.1 Å². The SMILES string of the molecule is COc1ccc(-c2cc(-c3ccccc3)c3cc(S(F)(F)(F)(F)F)ccc3n2)c(F)c1. The Kier molecular flexibility index (Phi) is 4.34. The second-order valence-electron chi connectivity index (χ2n) is 6.91. The predicted octanol–water partition coefficient (Wildman–Crippen LogP) is 8.37. The van der Waals surface area contributed by atoms with E-state index in [0.717, 1.165) is 12.1 Å². The van der Waals surface area contributed by atoms with Crippen LogP contribution in [0.2, 0.25) is 0 Å². The lowest BCUT2D eigenvalue weighted by Gasteiger charge is -2.40. The summed E-state index contributed by atoms with van der Waals surface area (Å²) >= 11 is 0. The highest BCUT2D eigenvalue weighted by molar-refractivity contribution is 8.45. The Bertz CT molecular complexity index is 1310. The quantitative estimate of drug-likeness (QED) is 0.288. The average molecular weight is 455 g/mol. The average Bonchev–Trinajstić information content (AvgIpc) is 2.71. The van der Waals surface area contributed by atoms with E-state index in [2.05, 4.69) is 4.98 Å². The number of ether oxygens (including phenoxy) is 1. The topological polar surface area (TPSA) is 22.1 Å². The Morgan fingerprint density at radius 1 is 0.774 bits per heavy atom. The van der Waals surface area contributed by atoms with Gasteiger partial charge in [-0.15, -0.1) is 0 Å². The third kappa shape index (κ3) is 4.18. The number of nitrogens with zero attached hydrogens (tertiary/aromatic N) is 1.